The topological polar surface area (TPSA) is 29.9 Å². The Morgan fingerprint density at radius 2 is 1.95 bits per heavy atom. The van der Waals surface area contributed by atoms with Crippen molar-refractivity contribution in [2.45, 2.75) is 72.4 Å². The van der Waals surface area contributed by atoms with Gasteiger partial charge in [0.05, 0.1) is 15.9 Å². The molecule has 0 aromatic carbocycles. The van der Waals surface area contributed by atoms with Crippen LogP contribution in [0.25, 0.3) is 0 Å². The van der Waals surface area contributed by atoms with Gasteiger partial charge < -0.3 is 5.32 Å². The maximum atomic E-state index is 4.64. The highest BCUT2D eigenvalue weighted by atomic mass is 79.9. The average molecular weight is 356 g/mol. The molecule has 2 rings (SSSR count). The molecule has 0 spiro atoms. The lowest BCUT2D eigenvalue weighted by atomic mass is 9.90. The molecule has 21 heavy (non-hydrogen) atoms. The van der Waals surface area contributed by atoms with E-state index in [2.05, 4.69) is 65.6 Å². The number of nitrogens with zero attached hydrogens (tertiary/aromatic N) is 2. The van der Waals surface area contributed by atoms with E-state index >= 15 is 0 Å². The number of nitrogens with one attached hydrogen (secondary N) is 1. The van der Waals surface area contributed by atoms with E-state index in [0.29, 0.717) is 0 Å². The van der Waals surface area contributed by atoms with Gasteiger partial charge >= 0.3 is 0 Å². The first-order valence-corrected chi connectivity index (χ1v) is 9.08. The molecule has 4 heteroatoms. The van der Waals surface area contributed by atoms with Crippen LogP contribution in [0.2, 0.25) is 0 Å². The SMILES string of the molecule is CCn1nc(C)c(Br)c1CC1CCCC1CNC(C)(C)C. The molecule has 0 bridgehead atoms. The van der Waals surface area contributed by atoms with Crippen LogP contribution in [-0.2, 0) is 13.0 Å². The van der Waals surface area contributed by atoms with E-state index in [-0.39, 0.29) is 5.54 Å². The summed E-state index contributed by atoms with van der Waals surface area (Å²) in [5, 5.41) is 8.33. The van der Waals surface area contributed by atoms with Crippen molar-refractivity contribution in [2.75, 3.05) is 6.54 Å². The number of hydrogen-bond acceptors (Lipinski definition) is 2. The number of aryl methyl sites for hydroxylation is 2. The highest BCUT2D eigenvalue weighted by Gasteiger charge is 2.30. The summed E-state index contributed by atoms with van der Waals surface area (Å²) in [4.78, 5) is 0. The van der Waals surface area contributed by atoms with E-state index in [1.807, 2.05) is 0 Å². The smallest absolute Gasteiger partial charge is 0.0738 e. The zero-order valence-electron chi connectivity index (χ0n) is 14.2. The fourth-order valence-electron chi connectivity index (χ4n) is 3.40. The minimum Gasteiger partial charge on any atom is -0.312 e. The molecular weight excluding hydrogens is 326 g/mol. The molecule has 3 nitrogen and oxygen atoms in total. The fraction of sp³-hybridized carbons (Fsp3) is 0.824. The van der Waals surface area contributed by atoms with Gasteiger partial charge in [0, 0.05) is 12.1 Å². The molecule has 0 aliphatic heterocycles. The summed E-state index contributed by atoms with van der Waals surface area (Å²) in [7, 11) is 0. The molecule has 0 saturated heterocycles. The molecule has 0 amide bonds. The van der Waals surface area contributed by atoms with Gasteiger partial charge in [-0.05, 0) is 88.2 Å². The molecule has 1 N–H and O–H groups in total. The van der Waals surface area contributed by atoms with Crippen LogP contribution in [0.4, 0.5) is 0 Å². The van der Waals surface area contributed by atoms with Crippen LogP contribution >= 0.6 is 15.9 Å². The maximum Gasteiger partial charge on any atom is 0.0738 e. The summed E-state index contributed by atoms with van der Waals surface area (Å²) in [5.41, 5.74) is 2.73. The first-order valence-electron chi connectivity index (χ1n) is 8.28. The fourth-order valence-corrected chi connectivity index (χ4v) is 3.85. The number of hydrogen-bond donors (Lipinski definition) is 1. The Balaban J connectivity index is 2.04. The molecule has 1 heterocycles. The van der Waals surface area contributed by atoms with Gasteiger partial charge in [0.1, 0.15) is 0 Å². The lowest BCUT2D eigenvalue weighted by Gasteiger charge is -2.26. The second-order valence-corrected chi connectivity index (χ2v) is 8.24. The van der Waals surface area contributed by atoms with Crippen molar-refractivity contribution in [1.82, 2.24) is 15.1 Å². The summed E-state index contributed by atoms with van der Waals surface area (Å²) in [6.07, 6.45) is 5.26. The van der Waals surface area contributed by atoms with Crippen LogP contribution in [0.1, 0.15) is 58.3 Å². The molecule has 1 fully saturated rings. The number of rotatable bonds is 5. The van der Waals surface area contributed by atoms with E-state index in [1.54, 1.807) is 0 Å². The number of halogens is 1. The van der Waals surface area contributed by atoms with Crippen molar-refractivity contribution in [3.8, 4) is 0 Å². The highest BCUT2D eigenvalue weighted by molar-refractivity contribution is 9.10. The molecule has 1 aliphatic carbocycles. The second-order valence-electron chi connectivity index (χ2n) is 7.45. The third kappa shape index (κ3) is 4.32. The standard InChI is InChI=1S/C17H30BrN3/c1-6-21-15(16(18)12(2)20-21)10-13-8-7-9-14(13)11-19-17(3,4)5/h13-14,19H,6-11H2,1-5H3. The molecule has 120 valence electrons. The van der Waals surface area contributed by atoms with Crippen LogP contribution in [0.15, 0.2) is 4.47 Å². The van der Waals surface area contributed by atoms with Crippen molar-refractivity contribution in [3.05, 3.63) is 15.9 Å². The minimum atomic E-state index is 0.218. The van der Waals surface area contributed by atoms with Crippen molar-refractivity contribution in [3.63, 3.8) is 0 Å². The quantitative estimate of drug-likeness (QED) is 0.852. The first-order chi connectivity index (χ1) is 9.81. The second kappa shape index (κ2) is 6.82. The van der Waals surface area contributed by atoms with Crippen LogP contribution in [0.5, 0.6) is 0 Å². The Morgan fingerprint density at radius 3 is 2.57 bits per heavy atom. The van der Waals surface area contributed by atoms with Gasteiger partial charge in [-0.25, -0.2) is 0 Å². The van der Waals surface area contributed by atoms with Gasteiger partial charge in [-0.1, -0.05) is 6.42 Å². The molecule has 1 aromatic rings. The van der Waals surface area contributed by atoms with Gasteiger partial charge in [-0.15, -0.1) is 0 Å². The van der Waals surface area contributed by atoms with Gasteiger partial charge in [-0.3, -0.25) is 4.68 Å². The van der Waals surface area contributed by atoms with Crippen molar-refractivity contribution >= 4 is 15.9 Å². The molecule has 1 aromatic heterocycles. The summed E-state index contributed by atoms with van der Waals surface area (Å²) >= 11 is 3.74. The Hall–Kier alpha value is -0.350. The van der Waals surface area contributed by atoms with E-state index in [4.69, 9.17) is 0 Å². The van der Waals surface area contributed by atoms with Gasteiger partial charge in [-0.2, -0.15) is 5.10 Å². The largest absolute Gasteiger partial charge is 0.312 e. The Labute approximate surface area is 138 Å². The summed E-state index contributed by atoms with van der Waals surface area (Å²) in [6.45, 7) is 13.1. The van der Waals surface area contributed by atoms with Crippen molar-refractivity contribution < 1.29 is 0 Å². The Bertz CT molecular complexity index is 473. The van der Waals surface area contributed by atoms with E-state index in [0.717, 1.165) is 37.0 Å². The third-order valence-electron chi connectivity index (χ3n) is 4.62. The molecule has 2 atom stereocenters. The lowest BCUT2D eigenvalue weighted by Crippen LogP contribution is -2.40. The van der Waals surface area contributed by atoms with Crippen molar-refractivity contribution in [1.29, 1.82) is 0 Å². The van der Waals surface area contributed by atoms with Crippen LogP contribution in [-0.4, -0.2) is 21.9 Å². The highest BCUT2D eigenvalue weighted by Crippen LogP contribution is 2.36. The predicted molar refractivity (Wildman–Crippen MR) is 92.6 cm³/mol. The minimum absolute atomic E-state index is 0.218. The molecule has 2 unspecified atom stereocenters. The van der Waals surface area contributed by atoms with Crippen LogP contribution in [0.3, 0.4) is 0 Å². The molecule has 1 aliphatic rings. The zero-order valence-corrected chi connectivity index (χ0v) is 15.8. The van der Waals surface area contributed by atoms with Gasteiger partial charge in [0.2, 0.25) is 0 Å². The molecule has 1 saturated carbocycles. The Kier molecular flexibility index (Phi) is 5.53. The summed E-state index contributed by atoms with van der Waals surface area (Å²) in [6, 6.07) is 0. The summed E-state index contributed by atoms with van der Waals surface area (Å²) in [5.74, 6) is 1.59. The summed E-state index contributed by atoms with van der Waals surface area (Å²) < 4.78 is 3.39. The predicted octanol–water partition coefficient (Wildman–Crippen LogP) is 4.32. The Morgan fingerprint density at radius 1 is 1.29 bits per heavy atom. The van der Waals surface area contributed by atoms with Crippen LogP contribution in [0, 0.1) is 18.8 Å². The normalized spacial score (nSPS) is 23.0. The molecular formula is C17H30BrN3. The van der Waals surface area contributed by atoms with Gasteiger partial charge in [0.25, 0.3) is 0 Å². The van der Waals surface area contributed by atoms with E-state index in [9.17, 15) is 0 Å². The van der Waals surface area contributed by atoms with Gasteiger partial charge in [0.15, 0.2) is 0 Å². The zero-order chi connectivity index (χ0) is 15.6. The average Bonchev–Trinajstić information content (AvgIpc) is 2.95. The first kappa shape index (κ1) is 17.0. The van der Waals surface area contributed by atoms with Crippen molar-refractivity contribution in [2.24, 2.45) is 11.8 Å². The number of aromatic nitrogens is 2. The third-order valence-corrected chi connectivity index (χ3v) is 5.65. The van der Waals surface area contributed by atoms with E-state index < -0.39 is 0 Å². The molecule has 0 radical (unpaired) electrons. The monoisotopic (exact) mass is 355 g/mol. The maximum absolute atomic E-state index is 4.64. The lowest BCUT2D eigenvalue weighted by molar-refractivity contribution is 0.313. The van der Waals surface area contributed by atoms with E-state index in [1.165, 1.54) is 29.4 Å². The van der Waals surface area contributed by atoms with Crippen LogP contribution < -0.4 is 5.32 Å².